The van der Waals surface area contributed by atoms with Gasteiger partial charge >= 0.3 is 0 Å². The highest BCUT2D eigenvalue weighted by molar-refractivity contribution is 6.31. The Kier molecular flexibility index (Phi) is 2.90. The summed E-state index contributed by atoms with van der Waals surface area (Å²) in [6.45, 7) is 4.37. The van der Waals surface area contributed by atoms with Gasteiger partial charge in [0.1, 0.15) is 29.2 Å². The number of hydrogen-bond acceptors (Lipinski definition) is 3. The molecule has 0 bridgehead atoms. The second kappa shape index (κ2) is 4.46. The standard InChI is InChI=1S/C14H13ClFNO2/c1-7-3-9(8(2)18-7)14-6-17-12-4-10(15)11(16)5-13(12)19-14/h3-5,14,17H,6H2,1-2H3. The predicted octanol–water partition coefficient (Wildman–Crippen LogP) is 4.23. The Hall–Kier alpha value is -1.68. The highest BCUT2D eigenvalue weighted by atomic mass is 35.5. The van der Waals surface area contributed by atoms with Crippen LogP contribution in [0.15, 0.2) is 22.6 Å². The van der Waals surface area contributed by atoms with E-state index in [0.29, 0.717) is 18.0 Å². The Bertz CT molecular complexity index is 639. The van der Waals surface area contributed by atoms with Crippen LogP contribution in [0.3, 0.4) is 0 Å². The number of aryl methyl sites for hydroxylation is 2. The minimum absolute atomic E-state index is 0.0867. The third-order valence-corrected chi connectivity index (χ3v) is 3.49. The summed E-state index contributed by atoms with van der Waals surface area (Å²) in [5.74, 6) is 1.64. The molecule has 1 aliphatic heterocycles. The third kappa shape index (κ3) is 2.16. The van der Waals surface area contributed by atoms with Gasteiger partial charge in [-0.1, -0.05) is 11.6 Å². The zero-order valence-corrected chi connectivity index (χ0v) is 11.3. The van der Waals surface area contributed by atoms with Crippen molar-refractivity contribution in [3.63, 3.8) is 0 Å². The Morgan fingerprint density at radius 2 is 2.11 bits per heavy atom. The molecular formula is C14H13ClFNO2. The number of benzene rings is 1. The van der Waals surface area contributed by atoms with Crippen molar-refractivity contribution in [2.24, 2.45) is 0 Å². The summed E-state index contributed by atoms with van der Waals surface area (Å²) in [6.07, 6.45) is -0.189. The van der Waals surface area contributed by atoms with E-state index in [1.54, 1.807) is 0 Å². The molecule has 0 radical (unpaired) electrons. The molecule has 1 aromatic heterocycles. The van der Waals surface area contributed by atoms with E-state index in [1.807, 2.05) is 19.9 Å². The fourth-order valence-electron chi connectivity index (χ4n) is 2.31. The molecule has 1 aromatic carbocycles. The van der Waals surface area contributed by atoms with Crippen LogP contribution < -0.4 is 10.1 Å². The van der Waals surface area contributed by atoms with Gasteiger partial charge in [0.2, 0.25) is 0 Å². The van der Waals surface area contributed by atoms with E-state index in [9.17, 15) is 4.39 Å². The lowest BCUT2D eigenvalue weighted by atomic mass is 10.1. The number of anilines is 1. The molecule has 0 fully saturated rings. The molecule has 1 atom stereocenters. The minimum atomic E-state index is -0.483. The van der Waals surface area contributed by atoms with Crippen molar-refractivity contribution in [3.8, 4) is 5.75 Å². The van der Waals surface area contributed by atoms with Crippen molar-refractivity contribution in [1.82, 2.24) is 0 Å². The zero-order chi connectivity index (χ0) is 13.6. The van der Waals surface area contributed by atoms with Gasteiger partial charge in [0.15, 0.2) is 0 Å². The van der Waals surface area contributed by atoms with E-state index in [1.165, 1.54) is 12.1 Å². The van der Waals surface area contributed by atoms with E-state index in [-0.39, 0.29) is 11.1 Å². The lowest BCUT2D eigenvalue weighted by Crippen LogP contribution is -2.23. The van der Waals surface area contributed by atoms with Gasteiger partial charge in [-0.3, -0.25) is 0 Å². The van der Waals surface area contributed by atoms with Crippen molar-refractivity contribution in [3.05, 3.63) is 46.1 Å². The van der Waals surface area contributed by atoms with E-state index in [4.69, 9.17) is 20.8 Å². The SMILES string of the molecule is Cc1cc(C2CNc3cc(Cl)c(F)cc3O2)c(C)o1. The van der Waals surface area contributed by atoms with Crippen LogP contribution in [0.25, 0.3) is 0 Å². The monoisotopic (exact) mass is 281 g/mol. The van der Waals surface area contributed by atoms with Gasteiger partial charge in [0, 0.05) is 11.6 Å². The first-order valence-electron chi connectivity index (χ1n) is 6.01. The molecule has 0 saturated carbocycles. The molecule has 19 heavy (non-hydrogen) atoms. The Balaban J connectivity index is 1.94. The van der Waals surface area contributed by atoms with Crippen LogP contribution in [-0.4, -0.2) is 6.54 Å². The highest BCUT2D eigenvalue weighted by Crippen LogP contribution is 2.38. The average molecular weight is 282 g/mol. The maximum atomic E-state index is 13.5. The molecule has 0 aliphatic carbocycles. The second-order valence-electron chi connectivity index (χ2n) is 4.62. The molecular weight excluding hydrogens is 269 g/mol. The predicted molar refractivity (Wildman–Crippen MR) is 71.5 cm³/mol. The zero-order valence-electron chi connectivity index (χ0n) is 10.6. The first-order valence-corrected chi connectivity index (χ1v) is 6.39. The number of rotatable bonds is 1. The second-order valence-corrected chi connectivity index (χ2v) is 5.03. The Morgan fingerprint density at radius 1 is 1.32 bits per heavy atom. The number of fused-ring (bicyclic) bond motifs is 1. The molecule has 1 N–H and O–H groups in total. The van der Waals surface area contributed by atoms with Crippen molar-refractivity contribution >= 4 is 17.3 Å². The Labute approximate surface area is 115 Å². The molecule has 1 unspecified atom stereocenters. The van der Waals surface area contributed by atoms with E-state index >= 15 is 0 Å². The van der Waals surface area contributed by atoms with Crippen molar-refractivity contribution in [1.29, 1.82) is 0 Å². The van der Waals surface area contributed by atoms with Crippen molar-refractivity contribution in [2.75, 3.05) is 11.9 Å². The van der Waals surface area contributed by atoms with Gasteiger partial charge < -0.3 is 14.5 Å². The van der Waals surface area contributed by atoms with Crippen LogP contribution >= 0.6 is 11.6 Å². The maximum absolute atomic E-state index is 13.5. The number of furan rings is 1. The summed E-state index contributed by atoms with van der Waals surface area (Å²) >= 11 is 5.74. The molecule has 5 heteroatoms. The highest BCUT2D eigenvalue weighted by Gasteiger charge is 2.25. The third-order valence-electron chi connectivity index (χ3n) is 3.20. The van der Waals surface area contributed by atoms with Crippen LogP contribution in [0.2, 0.25) is 5.02 Å². The molecule has 2 aromatic rings. The smallest absolute Gasteiger partial charge is 0.146 e. The summed E-state index contributed by atoms with van der Waals surface area (Å²) in [5, 5.41) is 3.28. The number of halogens is 2. The van der Waals surface area contributed by atoms with Gasteiger partial charge in [-0.15, -0.1) is 0 Å². The normalized spacial score (nSPS) is 17.6. The quantitative estimate of drug-likeness (QED) is 0.849. The molecule has 0 saturated heterocycles. The van der Waals surface area contributed by atoms with Gasteiger partial charge in [-0.05, 0) is 26.0 Å². The average Bonchev–Trinajstić information content (AvgIpc) is 2.69. The maximum Gasteiger partial charge on any atom is 0.146 e. The number of hydrogen-bond donors (Lipinski definition) is 1. The Morgan fingerprint density at radius 3 is 2.79 bits per heavy atom. The van der Waals surface area contributed by atoms with Crippen molar-refractivity contribution < 1.29 is 13.5 Å². The summed E-state index contributed by atoms with van der Waals surface area (Å²) in [6, 6.07) is 4.79. The fourth-order valence-corrected chi connectivity index (χ4v) is 2.47. The largest absolute Gasteiger partial charge is 0.481 e. The van der Waals surface area contributed by atoms with Crippen LogP contribution in [-0.2, 0) is 0 Å². The first-order chi connectivity index (χ1) is 9.04. The van der Waals surface area contributed by atoms with Gasteiger partial charge in [-0.2, -0.15) is 0 Å². The lowest BCUT2D eigenvalue weighted by Gasteiger charge is -2.27. The van der Waals surface area contributed by atoms with Crippen LogP contribution in [0, 0.1) is 19.7 Å². The van der Waals surface area contributed by atoms with Gasteiger partial charge in [-0.25, -0.2) is 4.39 Å². The summed E-state index contributed by atoms with van der Waals surface area (Å²) in [5.41, 5.74) is 1.69. The van der Waals surface area contributed by atoms with E-state index in [0.717, 1.165) is 17.1 Å². The molecule has 100 valence electrons. The first kappa shape index (κ1) is 12.4. The number of ether oxygens (including phenoxy) is 1. The summed E-state index contributed by atoms with van der Waals surface area (Å²) < 4.78 is 24.8. The number of nitrogens with one attached hydrogen (secondary N) is 1. The summed E-state index contributed by atoms with van der Waals surface area (Å²) in [7, 11) is 0. The fraction of sp³-hybridized carbons (Fsp3) is 0.286. The van der Waals surface area contributed by atoms with E-state index < -0.39 is 5.82 Å². The molecule has 0 spiro atoms. The van der Waals surface area contributed by atoms with E-state index in [2.05, 4.69) is 5.32 Å². The molecule has 2 heterocycles. The van der Waals surface area contributed by atoms with Gasteiger partial charge in [0.25, 0.3) is 0 Å². The van der Waals surface area contributed by atoms with Crippen molar-refractivity contribution in [2.45, 2.75) is 20.0 Å². The summed E-state index contributed by atoms with van der Waals surface area (Å²) in [4.78, 5) is 0. The van der Waals surface area contributed by atoms with Crippen LogP contribution in [0.5, 0.6) is 5.75 Å². The van der Waals surface area contributed by atoms with Crippen LogP contribution in [0.1, 0.15) is 23.2 Å². The minimum Gasteiger partial charge on any atom is -0.481 e. The molecule has 0 amide bonds. The topological polar surface area (TPSA) is 34.4 Å². The van der Waals surface area contributed by atoms with Gasteiger partial charge in [0.05, 0.1) is 17.3 Å². The lowest BCUT2D eigenvalue weighted by molar-refractivity contribution is 0.207. The molecule has 3 rings (SSSR count). The molecule has 1 aliphatic rings. The van der Waals surface area contributed by atoms with Crippen LogP contribution in [0.4, 0.5) is 10.1 Å². The molecule has 3 nitrogen and oxygen atoms in total.